The molecule has 1 aliphatic heterocycles. The molecule has 0 aromatic carbocycles. The van der Waals surface area contributed by atoms with Crippen molar-refractivity contribution in [2.45, 2.75) is 45.6 Å². The first kappa shape index (κ1) is 17.4. The number of piperidine rings is 1. The van der Waals surface area contributed by atoms with Gasteiger partial charge in [0.2, 0.25) is 0 Å². The summed E-state index contributed by atoms with van der Waals surface area (Å²) in [6.45, 7) is 7.83. The van der Waals surface area contributed by atoms with Gasteiger partial charge in [0.15, 0.2) is 0 Å². The number of amides is 1. The number of likely N-dealkylation sites (tertiary alicyclic amines) is 1. The maximum Gasteiger partial charge on any atom is 0.410 e. The van der Waals surface area contributed by atoms with Crippen LogP contribution in [-0.2, 0) is 4.74 Å². The number of pyridine rings is 1. The van der Waals surface area contributed by atoms with Crippen molar-refractivity contribution in [1.29, 1.82) is 0 Å². The molecule has 6 heteroatoms. The van der Waals surface area contributed by atoms with E-state index < -0.39 is 5.60 Å². The molecule has 23 heavy (non-hydrogen) atoms. The highest BCUT2D eigenvalue weighted by Crippen LogP contribution is 2.22. The second kappa shape index (κ2) is 7.53. The summed E-state index contributed by atoms with van der Waals surface area (Å²) >= 11 is 0. The van der Waals surface area contributed by atoms with E-state index in [1.54, 1.807) is 17.2 Å². The maximum absolute atomic E-state index is 12.0. The van der Waals surface area contributed by atoms with Crippen molar-refractivity contribution in [3.8, 4) is 5.75 Å². The Labute approximate surface area is 138 Å². The predicted octanol–water partition coefficient (Wildman–Crippen LogP) is 3.08. The van der Waals surface area contributed by atoms with E-state index in [9.17, 15) is 4.79 Å². The maximum atomic E-state index is 12.0. The van der Waals surface area contributed by atoms with Gasteiger partial charge in [-0.1, -0.05) is 0 Å². The fraction of sp³-hybridized carbons (Fsp3) is 0.647. The summed E-state index contributed by atoms with van der Waals surface area (Å²) in [7, 11) is 0. The van der Waals surface area contributed by atoms with Crippen molar-refractivity contribution < 1.29 is 14.3 Å². The van der Waals surface area contributed by atoms with E-state index in [2.05, 4.69) is 4.98 Å². The number of carbonyl (C=O) groups excluding carboxylic acids is 1. The molecule has 1 aromatic heterocycles. The molecule has 0 bridgehead atoms. The Morgan fingerprint density at radius 2 is 2.04 bits per heavy atom. The second-order valence-electron chi connectivity index (χ2n) is 6.97. The predicted molar refractivity (Wildman–Crippen MR) is 89.3 cm³/mol. The van der Waals surface area contributed by atoms with Crippen molar-refractivity contribution in [2.24, 2.45) is 5.92 Å². The summed E-state index contributed by atoms with van der Waals surface area (Å²) in [6.07, 6.45) is 4.39. The average molecular weight is 321 g/mol. The van der Waals surface area contributed by atoms with E-state index >= 15 is 0 Å². The van der Waals surface area contributed by atoms with Gasteiger partial charge in [-0.25, -0.2) is 9.78 Å². The first-order valence-corrected chi connectivity index (χ1v) is 8.16. The molecule has 1 aliphatic rings. The molecule has 2 heterocycles. The number of carbonyl (C=O) groups is 1. The van der Waals surface area contributed by atoms with Crippen LogP contribution in [0.25, 0.3) is 0 Å². The zero-order chi connectivity index (χ0) is 16.9. The van der Waals surface area contributed by atoms with Gasteiger partial charge in [-0.05, 0) is 58.1 Å². The van der Waals surface area contributed by atoms with Crippen LogP contribution < -0.4 is 10.5 Å². The van der Waals surface area contributed by atoms with E-state index in [1.165, 1.54) is 0 Å². The Hall–Kier alpha value is -1.98. The molecular weight excluding hydrogens is 294 g/mol. The van der Waals surface area contributed by atoms with E-state index in [0.29, 0.717) is 18.3 Å². The molecule has 1 saturated heterocycles. The van der Waals surface area contributed by atoms with Crippen molar-refractivity contribution in [3.63, 3.8) is 0 Å². The van der Waals surface area contributed by atoms with Crippen molar-refractivity contribution in [2.75, 3.05) is 25.4 Å². The lowest BCUT2D eigenvalue weighted by Gasteiger charge is -2.33. The van der Waals surface area contributed by atoms with Gasteiger partial charge in [0, 0.05) is 13.1 Å². The molecule has 0 atom stereocenters. The fourth-order valence-electron chi connectivity index (χ4n) is 2.55. The first-order chi connectivity index (χ1) is 10.8. The van der Waals surface area contributed by atoms with Gasteiger partial charge in [-0.3, -0.25) is 0 Å². The molecule has 1 aromatic rings. The number of anilines is 1. The number of hydrogen-bond acceptors (Lipinski definition) is 5. The molecular formula is C17H27N3O3. The lowest BCUT2D eigenvalue weighted by molar-refractivity contribution is 0.0177. The zero-order valence-electron chi connectivity index (χ0n) is 14.2. The van der Waals surface area contributed by atoms with Crippen LogP contribution in [0.3, 0.4) is 0 Å². The zero-order valence-corrected chi connectivity index (χ0v) is 14.2. The van der Waals surface area contributed by atoms with E-state index in [1.807, 2.05) is 26.8 Å². The fourth-order valence-corrected chi connectivity index (χ4v) is 2.55. The Morgan fingerprint density at radius 1 is 1.35 bits per heavy atom. The summed E-state index contributed by atoms with van der Waals surface area (Å²) in [5.41, 5.74) is 5.10. The third-order valence-corrected chi connectivity index (χ3v) is 3.82. The van der Waals surface area contributed by atoms with Gasteiger partial charge in [0.05, 0.1) is 12.8 Å². The van der Waals surface area contributed by atoms with Crippen LogP contribution in [-0.4, -0.2) is 41.3 Å². The summed E-state index contributed by atoms with van der Waals surface area (Å²) in [6, 6.07) is 3.56. The van der Waals surface area contributed by atoms with Crippen LogP contribution in [0.2, 0.25) is 0 Å². The quantitative estimate of drug-likeness (QED) is 0.922. The Kier molecular flexibility index (Phi) is 5.69. The Morgan fingerprint density at radius 3 is 2.61 bits per heavy atom. The van der Waals surface area contributed by atoms with Gasteiger partial charge >= 0.3 is 6.09 Å². The van der Waals surface area contributed by atoms with Crippen molar-refractivity contribution >= 4 is 11.9 Å². The minimum Gasteiger partial charge on any atom is -0.492 e. The van der Waals surface area contributed by atoms with Gasteiger partial charge in [-0.15, -0.1) is 0 Å². The molecule has 1 amide bonds. The minimum atomic E-state index is -0.436. The number of nitrogens with zero attached hydrogens (tertiary/aromatic N) is 2. The summed E-state index contributed by atoms with van der Waals surface area (Å²) < 4.78 is 11.1. The number of aromatic nitrogens is 1. The van der Waals surface area contributed by atoms with E-state index in [-0.39, 0.29) is 6.09 Å². The number of rotatable bonds is 4. The van der Waals surface area contributed by atoms with Crippen LogP contribution in [0.15, 0.2) is 18.3 Å². The van der Waals surface area contributed by atoms with Gasteiger partial charge in [-0.2, -0.15) is 0 Å². The Balaban J connectivity index is 1.66. The average Bonchev–Trinajstić information content (AvgIpc) is 2.48. The minimum absolute atomic E-state index is 0.208. The topological polar surface area (TPSA) is 77.7 Å². The molecule has 0 unspecified atom stereocenters. The van der Waals surface area contributed by atoms with Gasteiger partial charge in [0.25, 0.3) is 0 Å². The largest absolute Gasteiger partial charge is 0.492 e. The highest BCUT2D eigenvalue weighted by atomic mass is 16.6. The summed E-state index contributed by atoms with van der Waals surface area (Å²) in [5, 5.41) is 0. The molecule has 1 fully saturated rings. The lowest BCUT2D eigenvalue weighted by Crippen LogP contribution is -2.41. The molecule has 128 valence electrons. The normalized spacial score (nSPS) is 16.2. The van der Waals surface area contributed by atoms with Crippen LogP contribution in [0.4, 0.5) is 10.6 Å². The number of ether oxygens (including phenoxy) is 2. The smallest absolute Gasteiger partial charge is 0.410 e. The summed E-state index contributed by atoms with van der Waals surface area (Å²) in [5.74, 6) is 1.81. The third-order valence-electron chi connectivity index (χ3n) is 3.82. The molecule has 0 radical (unpaired) electrons. The Bertz CT molecular complexity index is 503. The van der Waals surface area contributed by atoms with Crippen LogP contribution in [0, 0.1) is 5.92 Å². The molecule has 2 N–H and O–H groups in total. The molecule has 0 saturated carbocycles. The number of nitrogens with two attached hydrogens (primary N) is 1. The lowest BCUT2D eigenvalue weighted by atomic mass is 9.94. The number of hydrogen-bond donors (Lipinski definition) is 1. The first-order valence-electron chi connectivity index (χ1n) is 8.16. The highest BCUT2D eigenvalue weighted by molar-refractivity contribution is 5.68. The standard InChI is InChI=1S/C17H27N3O3/c1-17(2,3)23-16(21)20-9-6-13(7-10-20)8-11-22-14-4-5-15(18)19-12-14/h4-5,12-13H,6-11H2,1-3H3,(H2,18,19). The molecule has 0 aliphatic carbocycles. The second-order valence-corrected chi connectivity index (χ2v) is 6.97. The highest BCUT2D eigenvalue weighted by Gasteiger charge is 2.26. The van der Waals surface area contributed by atoms with E-state index in [0.717, 1.165) is 38.1 Å². The van der Waals surface area contributed by atoms with Gasteiger partial charge < -0.3 is 20.1 Å². The molecule has 2 rings (SSSR count). The van der Waals surface area contributed by atoms with Gasteiger partial charge in [0.1, 0.15) is 17.2 Å². The van der Waals surface area contributed by atoms with E-state index in [4.69, 9.17) is 15.2 Å². The summed E-state index contributed by atoms with van der Waals surface area (Å²) in [4.78, 5) is 17.8. The molecule has 0 spiro atoms. The monoisotopic (exact) mass is 321 g/mol. The molecule has 6 nitrogen and oxygen atoms in total. The number of nitrogen functional groups attached to an aromatic ring is 1. The van der Waals surface area contributed by atoms with Crippen LogP contribution in [0.5, 0.6) is 5.75 Å². The van der Waals surface area contributed by atoms with Crippen molar-refractivity contribution in [3.05, 3.63) is 18.3 Å². The van der Waals surface area contributed by atoms with Crippen LogP contribution >= 0.6 is 0 Å². The van der Waals surface area contributed by atoms with Crippen LogP contribution in [0.1, 0.15) is 40.0 Å². The third kappa shape index (κ3) is 5.96. The SMILES string of the molecule is CC(C)(C)OC(=O)N1CCC(CCOc2ccc(N)nc2)CC1. The van der Waals surface area contributed by atoms with Crippen molar-refractivity contribution in [1.82, 2.24) is 9.88 Å².